The van der Waals surface area contributed by atoms with Crippen molar-refractivity contribution in [3.63, 3.8) is 0 Å². The number of nitrogens with zero attached hydrogens (tertiary/aromatic N) is 1. The van der Waals surface area contributed by atoms with E-state index in [1.165, 1.54) is 11.1 Å². The van der Waals surface area contributed by atoms with Crippen LogP contribution in [-0.4, -0.2) is 22.8 Å². The van der Waals surface area contributed by atoms with Gasteiger partial charge in [0.25, 0.3) is 0 Å². The number of aromatic nitrogens is 1. The largest absolute Gasteiger partial charge is 0.481 e. The second kappa shape index (κ2) is 15.2. The molecule has 4 aromatic rings. The van der Waals surface area contributed by atoms with Crippen LogP contribution >= 0.6 is 11.6 Å². The highest BCUT2D eigenvalue weighted by atomic mass is 35.5. The van der Waals surface area contributed by atoms with E-state index in [-0.39, 0.29) is 12.3 Å². The summed E-state index contributed by atoms with van der Waals surface area (Å²) in [4.78, 5) is 10.7. The van der Waals surface area contributed by atoms with Crippen LogP contribution in [0, 0.1) is 5.92 Å². The fourth-order valence-electron chi connectivity index (χ4n) is 4.64. The molecule has 4 rings (SSSR count). The maximum Gasteiger partial charge on any atom is 0.304 e. The quantitative estimate of drug-likeness (QED) is 0.115. The maximum absolute atomic E-state index is 10.7. The number of nitrogens with one attached hydrogen (secondary N) is 1. The molecule has 0 fully saturated rings. The SMILES string of the molecule is C=C/C(=C\C=C\C(Cc1ccc(CNCCC(=O)O)cc1)c1cc(-c2cccc(-c3ccc(Cl)cc3)c2)on1)C(C)C. The molecule has 216 valence electrons. The van der Waals surface area contributed by atoms with Crippen LogP contribution < -0.4 is 5.32 Å². The summed E-state index contributed by atoms with van der Waals surface area (Å²) in [7, 11) is 0. The first kappa shape index (κ1) is 30.8. The zero-order valence-corrected chi connectivity index (χ0v) is 24.9. The number of benzene rings is 3. The Morgan fingerprint density at radius 3 is 2.40 bits per heavy atom. The molecule has 3 aromatic carbocycles. The molecule has 0 saturated carbocycles. The number of allylic oxidation sites excluding steroid dienone is 5. The van der Waals surface area contributed by atoms with Gasteiger partial charge in [0, 0.05) is 35.7 Å². The molecule has 6 heteroatoms. The van der Waals surface area contributed by atoms with Crippen molar-refractivity contribution in [2.45, 2.75) is 39.2 Å². The molecule has 0 radical (unpaired) electrons. The lowest BCUT2D eigenvalue weighted by molar-refractivity contribution is -0.136. The van der Waals surface area contributed by atoms with Crippen LogP contribution in [0.1, 0.15) is 43.0 Å². The molecule has 1 heterocycles. The highest BCUT2D eigenvalue weighted by Crippen LogP contribution is 2.31. The van der Waals surface area contributed by atoms with Crippen LogP contribution in [0.3, 0.4) is 0 Å². The highest BCUT2D eigenvalue weighted by Gasteiger charge is 2.16. The highest BCUT2D eigenvalue weighted by molar-refractivity contribution is 6.30. The van der Waals surface area contributed by atoms with Crippen molar-refractivity contribution in [3.8, 4) is 22.5 Å². The molecule has 0 saturated heterocycles. The molecule has 0 aliphatic carbocycles. The van der Waals surface area contributed by atoms with E-state index in [0.717, 1.165) is 34.4 Å². The van der Waals surface area contributed by atoms with Crippen molar-refractivity contribution in [2.24, 2.45) is 5.92 Å². The first-order valence-corrected chi connectivity index (χ1v) is 14.5. The van der Waals surface area contributed by atoms with Crippen LogP contribution in [0.2, 0.25) is 5.02 Å². The van der Waals surface area contributed by atoms with Crippen molar-refractivity contribution in [1.82, 2.24) is 10.5 Å². The summed E-state index contributed by atoms with van der Waals surface area (Å²) >= 11 is 6.08. The summed E-state index contributed by atoms with van der Waals surface area (Å²) in [6, 6.07) is 26.4. The van der Waals surface area contributed by atoms with E-state index < -0.39 is 5.97 Å². The Bertz CT molecular complexity index is 1530. The second-order valence-electron chi connectivity index (χ2n) is 10.6. The monoisotopic (exact) mass is 580 g/mol. The minimum absolute atomic E-state index is 0.00373. The second-order valence-corrected chi connectivity index (χ2v) is 11.0. The third-order valence-corrected chi connectivity index (χ3v) is 7.34. The van der Waals surface area contributed by atoms with Crippen molar-refractivity contribution in [2.75, 3.05) is 6.54 Å². The smallest absolute Gasteiger partial charge is 0.304 e. The Balaban J connectivity index is 1.55. The molecule has 1 atom stereocenters. The summed E-state index contributed by atoms with van der Waals surface area (Å²) in [5, 5.41) is 17.2. The summed E-state index contributed by atoms with van der Waals surface area (Å²) in [5.74, 6) is 0.293. The fourth-order valence-corrected chi connectivity index (χ4v) is 4.76. The number of carbonyl (C=O) groups is 1. The Kier molecular flexibility index (Phi) is 11.1. The first-order valence-electron chi connectivity index (χ1n) is 14.2. The van der Waals surface area contributed by atoms with E-state index in [1.54, 1.807) is 0 Å². The zero-order chi connectivity index (χ0) is 29.9. The van der Waals surface area contributed by atoms with Gasteiger partial charge in [0.2, 0.25) is 0 Å². The number of rotatable bonds is 14. The van der Waals surface area contributed by atoms with Gasteiger partial charge in [0.15, 0.2) is 5.76 Å². The number of halogens is 1. The van der Waals surface area contributed by atoms with Gasteiger partial charge in [-0.05, 0) is 58.4 Å². The van der Waals surface area contributed by atoms with Gasteiger partial charge in [-0.2, -0.15) is 0 Å². The normalized spacial score (nSPS) is 12.6. The molecule has 0 amide bonds. The van der Waals surface area contributed by atoms with Gasteiger partial charge in [-0.25, -0.2) is 0 Å². The third-order valence-electron chi connectivity index (χ3n) is 7.09. The predicted octanol–water partition coefficient (Wildman–Crippen LogP) is 8.88. The van der Waals surface area contributed by atoms with Gasteiger partial charge in [-0.1, -0.05) is 116 Å². The van der Waals surface area contributed by atoms with Crippen LogP contribution in [0.15, 0.2) is 120 Å². The molecule has 0 aliphatic heterocycles. The molecule has 1 aromatic heterocycles. The molecule has 0 aliphatic rings. The van der Waals surface area contributed by atoms with Gasteiger partial charge in [0.05, 0.1) is 12.1 Å². The predicted molar refractivity (Wildman–Crippen MR) is 171 cm³/mol. The minimum Gasteiger partial charge on any atom is -0.481 e. The van der Waals surface area contributed by atoms with E-state index in [9.17, 15) is 4.79 Å². The van der Waals surface area contributed by atoms with Crippen molar-refractivity contribution in [3.05, 3.63) is 137 Å². The van der Waals surface area contributed by atoms with Crippen LogP contribution in [0.4, 0.5) is 0 Å². The van der Waals surface area contributed by atoms with Gasteiger partial charge in [-0.15, -0.1) is 0 Å². The fraction of sp³-hybridized carbons (Fsp3) is 0.222. The number of hydrogen-bond donors (Lipinski definition) is 2. The topological polar surface area (TPSA) is 75.4 Å². The number of aliphatic carboxylic acids is 1. The van der Waals surface area contributed by atoms with Crippen LogP contribution in [0.25, 0.3) is 22.5 Å². The van der Waals surface area contributed by atoms with Gasteiger partial charge >= 0.3 is 5.97 Å². The van der Waals surface area contributed by atoms with Crippen LogP contribution in [-0.2, 0) is 17.8 Å². The van der Waals surface area contributed by atoms with E-state index in [4.69, 9.17) is 21.2 Å². The lowest BCUT2D eigenvalue weighted by Crippen LogP contribution is -2.17. The maximum atomic E-state index is 10.7. The molecule has 0 spiro atoms. The summed E-state index contributed by atoms with van der Waals surface area (Å²) in [6.45, 7) is 9.32. The number of carboxylic acid groups (broad SMARTS) is 1. The van der Waals surface area contributed by atoms with E-state index in [0.29, 0.717) is 29.8 Å². The van der Waals surface area contributed by atoms with Crippen LogP contribution in [0.5, 0.6) is 0 Å². The average Bonchev–Trinajstić information content (AvgIpc) is 3.48. The molecule has 0 bridgehead atoms. The molecule has 1 unspecified atom stereocenters. The average molecular weight is 581 g/mol. The van der Waals surface area contributed by atoms with E-state index in [2.05, 4.69) is 85.5 Å². The molecule has 42 heavy (non-hydrogen) atoms. The molecular formula is C36H37ClN2O3. The van der Waals surface area contributed by atoms with Crippen molar-refractivity contribution < 1.29 is 14.4 Å². The number of carboxylic acids is 1. The van der Waals surface area contributed by atoms with E-state index in [1.807, 2.05) is 48.5 Å². The summed E-state index contributed by atoms with van der Waals surface area (Å²) in [5.41, 5.74) is 7.42. The van der Waals surface area contributed by atoms with Gasteiger partial charge < -0.3 is 14.9 Å². The lowest BCUT2D eigenvalue weighted by Gasteiger charge is -2.11. The Labute approximate surface area is 253 Å². The Morgan fingerprint density at radius 2 is 1.71 bits per heavy atom. The summed E-state index contributed by atoms with van der Waals surface area (Å²) in [6.07, 6.45) is 9.11. The van der Waals surface area contributed by atoms with Gasteiger partial charge in [0.1, 0.15) is 0 Å². The summed E-state index contributed by atoms with van der Waals surface area (Å²) < 4.78 is 5.87. The lowest BCUT2D eigenvalue weighted by atomic mass is 9.94. The Hall–Kier alpha value is -4.19. The van der Waals surface area contributed by atoms with E-state index >= 15 is 0 Å². The zero-order valence-electron chi connectivity index (χ0n) is 24.1. The standard InChI is InChI=1S/C36H37ClN2O3/c1-4-28(25(2)3)7-5-9-31(21-26-11-13-27(14-12-26)24-38-20-19-36(40)41)34-23-35(42-39-34)32-10-6-8-30(22-32)29-15-17-33(37)18-16-29/h4-18,22-23,25,31,38H,1,19-21,24H2,2-3H3,(H,40,41)/b9-5+,28-7+. The minimum atomic E-state index is -0.800. The van der Waals surface area contributed by atoms with Crippen molar-refractivity contribution >= 4 is 17.6 Å². The number of hydrogen-bond acceptors (Lipinski definition) is 4. The molecule has 2 N–H and O–H groups in total. The van der Waals surface area contributed by atoms with Gasteiger partial charge in [-0.3, -0.25) is 4.79 Å². The van der Waals surface area contributed by atoms with Crippen molar-refractivity contribution in [1.29, 1.82) is 0 Å². The Morgan fingerprint density at radius 1 is 1.00 bits per heavy atom. The first-order chi connectivity index (χ1) is 20.3. The molecule has 5 nitrogen and oxygen atoms in total. The molecular weight excluding hydrogens is 544 g/mol. The third kappa shape index (κ3) is 8.90.